The number of pyridine rings is 1. The molecule has 22 heavy (non-hydrogen) atoms. The average molecular weight is 289 g/mol. The topological polar surface area (TPSA) is 78.6 Å². The van der Waals surface area contributed by atoms with E-state index in [9.17, 15) is 9.59 Å². The number of hydrogen-bond acceptors (Lipinski definition) is 3. The molecule has 0 atom stereocenters. The molecule has 0 radical (unpaired) electrons. The molecule has 5 nitrogen and oxygen atoms in total. The van der Waals surface area contributed by atoms with Crippen LogP contribution in [0.4, 0.5) is 0 Å². The summed E-state index contributed by atoms with van der Waals surface area (Å²) in [6.45, 7) is 0. The first-order valence-corrected chi connectivity index (χ1v) is 6.82. The fourth-order valence-electron chi connectivity index (χ4n) is 2.68. The molecule has 0 fully saturated rings. The Balaban J connectivity index is 2.22. The van der Waals surface area contributed by atoms with Gasteiger partial charge in [-0.2, -0.15) is 0 Å². The third-order valence-corrected chi connectivity index (χ3v) is 3.72. The second-order valence-corrected chi connectivity index (χ2v) is 5.04. The number of benzene rings is 1. The molecule has 0 bridgehead atoms. The quantitative estimate of drug-likeness (QED) is 0.565. The smallest absolute Gasteiger partial charge is 0.275 e. The van der Waals surface area contributed by atoms with Crippen LogP contribution in [-0.2, 0) is 0 Å². The van der Waals surface area contributed by atoms with E-state index >= 15 is 0 Å². The van der Waals surface area contributed by atoms with Crippen molar-refractivity contribution in [1.29, 1.82) is 0 Å². The summed E-state index contributed by atoms with van der Waals surface area (Å²) in [7, 11) is 0. The van der Waals surface area contributed by atoms with E-state index in [0.717, 1.165) is 21.9 Å². The van der Waals surface area contributed by atoms with Crippen molar-refractivity contribution in [2.24, 2.45) is 0 Å². The van der Waals surface area contributed by atoms with Gasteiger partial charge >= 0.3 is 0 Å². The molecule has 0 saturated heterocycles. The molecule has 0 aliphatic heterocycles. The maximum Gasteiger partial charge on any atom is 0.275 e. The monoisotopic (exact) mass is 289 g/mol. The van der Waals surface area contributed by atoms with Gasteiger partial charge in [0.15, 0.2) is 0 Å². The van der Waals surface area contributed by atoms with Crippen LogP contribution >= 0.6 is 0 Å². The van der Waals surface area contributed by atoms with E-state index in [1.165, 1.54) is 0 Å². The summed E-state index contributed by atoms with van der Waals surface area (Å²) >= 11 is 0. The Morgan fingerprint density at radius 2 is 1.59 bits per heavy atom. The first-order valence-electron chi connectivity index (χ1n) is 6.82. The van der Waals surface area contributed by atoms with Crippen molar-refractivity contribution in [2.45, 2.75) is 0 Å². The minimum atomic E-state index is -0.420. The molecule has 1 aromatic carbocycles. The number of rotatable bonds is 1. The van der Waals surface area contributed by atoms with E-state index < -0.39 is 11.1 Å². The molecule has 0 unspecified atom stereocenters. The maximum absolute atomic E-state index is 12.3. The normalized spacial score (nSPS) is 11.1. The highest BCUT2D eigenvalue weighted by Gasteiger charge is 2.10. The van der Waals surface area contributed by atoms with E-state index in [0.29, 0.717) is 11.1 Å². The van der Waals surface area contributed by atoms with Crippen molar-refractivity contribution >= 4 is 21.8 Å². The van der Waals surface area contributed by atoms with Crippen LogP contribution < -0.4 is 11.1 Å². The van der Waals surface area contributed by atoms with Gasteiger partial charge in [0.1, 0.15) is 5.52 Å². The van der Waals surface area contributed by atoms with Gasteiger partial charge in [0.2, 0.25) is 0 Å². The molecule has 0 aliphatic carbocycles. The largest absolute Gasteiger partial charge is 0.350 e. The minimum Gasteiger partial charge on any atom is -0.350 e. The Labute approximate surface area is 124 Å². The average Bonchev–Trinajstić information content (AvgIpc) is 2.86. The molecule has 4 rings (SSSR count). The van der Waals surface area contributed by atoms with E-state index in [1.54, 1.807) is 30.6 Å². The van der Waals surface area contributed by atoms with Gasteiger partial charge in [-0.15, -0.1) is 0 Å². The number of fused-ring (bicyclic) bond motifs is 3. The van der Waals surface area contributed by atoms with Crippen LogP contribution in [0.25, 0.3) is 32.9 Å². The van der Waals surface area contributed by atoms with Gasteiger partial charge in [0, 0.05) is 34.2 Å². The number of H-pyrrole nitrogens is 2. The molecule has 5 heteroatoms. The summed E-state index contributed by atoms with van der Waals surface area (Å²) in [5.41, 5.74) is 1.60. The van der Waals surface area contributed by atoms with Crippen LogP contribution in [0, 0.1) is 0 Å². The van der Waals surface area contributed by atoms with Crippen molar-refractivity contribution in [2.75, 3.05) is 0 Å². The number of aromatic nitrogens is 3. The molecule has 0 amide bonds. The fourth-order valence-corrected chi connectivity index (χ4v) is 2.68. The predicted molar refractivity (Wildman–Crippen MR) is 85.9 cm³/mol. The molecule has 3 heterocycles. The van der Waals surface area contributed by atoms with Crippen LogP contribution in [0.2, 0.25) is 0 Å². The molecule has 2 N–H and O–H groups in total. The fraction of sp³-hybridized carbons (Fsp3) is 0. The van der Waals surface area contributed by atoms with Crippen LogP contribution in [0.1, 0.15) is 0 Å². The standard InChI is InChI=1S/C17H11N3O2/c21-16-12(10-5-7-18-8-6-10)9-13-11-3-1-2-4-14(11)19-15(13)17(22)20-16/h1-9,19H,(H,20,21,22). The van der Waals surface area contributed by atoms with Gasteiger partial charge in [-0.25, -0.2) is 0 Å². The van der Waals surface area contributed by atoms with Gasteiger partial charge in [0.25, 0.3) is 11.1 Å². The molecule has 0 saturated carbocycles. The second-order valence-electron chi connectivity index (χ2n) is 5.04. The lowest BCUT2D eigenvalue weighted by Gasteiger charge is -1.96. The molecular weight excluding hydrogens is 278 g/mol. The van der Waals surface area contributed by atoms with Crippen molar-refractivity contribution in [1.82, 2.24) is 15.0 Å². The number of nitrogens with one attached hydrogen (secondary N) is 2. The zero-order valence-corrected chi connectivity index (χ0v) is 11.5. The van der Waals surface area contributed by atoms with Gasteiger partial charge in [0.05, 0.1) is 0 Å². The van der Waals surface area contributed by atoms with E-state index in [2.05, 4.69) is 15.0 Å². The van der Waals surface area contributed by atoms with Gasteiger partial charge in [-0.1, -0.05) is 18.2 Å². The number of para-hydroxylation sites is 1. The van der Waals surface area contributed by atoms with E-state index in [1.807, 2.05) is 24.3 Å². The predicted octanol–water partition coefficient (Wildman–Crippen LogP) is 2.43. The second kappa shape index (κ2) is 4.66. The summed E-state index contributed by atoms with van der Waals surface area (Å²) in [5, 5.41) is 1.64. The summed E-state index contributed by atoms with van der Waals surface area (Å²) in [6, 6.07) is 12.9. The zero-order chi connectivity index (χ0) is 15.1. The molecule has 3 aromatic heterocycles. The summed E-state index contributed by atoms with van der Waals surface area (Å²) in [5.74, 6) is 0. The van der Waals surface area contributed by atoms with Gasteiger partial charge in [-0.05, 0) is 29.8 Å². The zero-order valence-electron chi connectivity index (χ0n) is 11.5. The Morgan fingerprint density at radius 1 is 0.818 bits per heavy atom. The molecule has 106 valence electrons. The maximum atomic E-state index is 12.3. The lowest BCUT2D eigenvalue weighted by atomic mass is 10.1. The lowest BCUT2D eigenvalue weighted by Crippen LogP contribution is -2.15. The van der Waals surface area contributed by atoms with Crippen LogP contribution in [0.5, 0.6) is 0 Å². The number of hydrogen-bond donors (Lipinski definition) is 2. The van der Waals surface area contributed by atoms with Crippen LogP contribution in [0.15, 0.2) is 64.4 Å². The third-order valence-electron chi connectivity index (χ3n) is 3.72. The molecule has 4 aromatic rings. The SMILES string of the molecule is O=c1[nH]c(=O)c2[nH]c3ccccc3c2cc1-c1ccncc1. The minimum absolute atomic E-state index is 0.401. The van der Waals surface area contributed by atoms with Crippen LogP contribution in [0.3, 0.4) is 0 Å². The van der Waals surface area contributed by atoms with Gasteiger partial charge in [-0.3, -0.25) is 19.6 Å². The van der Waals surface area contributed by atoms with Crippen molar-refractivity contribution in [3.8, 4) is 11.1 Å². The Bertz CT molecular complexity index is 1110. The van der Waals surface area contributed by atoms with E-state index in [-0.39, 0.29) is 0 Å². The highest BCUT2D eigenvalue weighted by atomic mass is 16.2. The van der Waals surface area contributed by atoms with Crippen molar-refractivity contribution < 1.29 is 0 Å². The van der Waals surface area contributed by atoms with Gasteiger partial charge < -0.3 is 4.98 Å². The molecule has 0 spiro atoms. The summed E-state index contributed by atoms with van der Waals surface area (Å²) in [4.78, 5) is 34.0. The number of aromatic amines is 2. The summed E-state index contributed by atoms with van der Waals surface area (Å²) in [6.07, 6.45) is 3.23. The first kappa shape index (κ1) is 12.5. The highest BCUT2D eigenvalue weighted by Crippen LogP contribution is 2.24. The first-order chi connectivity index (χ1) is 10.7. The Kier molecular flexibility index (Phi) is 2.66. The van der Waals surface area contributed by atoms with Crippen molar-refractivity contribution in [3.63, 3.8) is 0 Å². The van der Waals surface area contributed by atoms with Crippen molar-refractivity contribution in [3.05, 3.63) is 75.6 Å². The highest BCUT2D eigenvalue weighted by molar-refractivity contribution is 6.07. The lowest BCUT2D eigenvalue weighted by molar-refractivity contribution is 1.20. The summed E-state index contributed by atoms with van der Waals surface area (Å²) < 4.78 is 0. The van der Waals surface area contributed by atoms with Crippen LogP contribution in [-0.4, -0.2) is 15.0 Å². The molecule has 0 aliphatic rings. The third kappa shape index (κ3) is 1.83. The van der Waals surface area contributed by atoms with E-state index in [4.69, 9.17) is 0 Å². The molecular formula is C17H11N3O2. The number of nitrogens with zero attached hydrogens (tertiary/aromatic N) is 1. The Morgan fingerprint density at radius 3 is 2.41 bits per heavy atom. The Hall–Kier alpha value is -3.21.